The molecular formula is C38H43N3O10S. The third kappa shape index (κ3) is 4.35. The van der Waals surface area contributed by atoms with Gasteiger partial charge in [0.15, 0.2) is 40.0 Å². The quantitative estimate of drug-likeness (QED) is 0.291. The molecule has 1 spiro atoms. The van der Waals surface area contributed by atoms with Crippen LogP contribution in [0.15, 0.2) is 18.2 Å². The molecule has 3 aromatic rings. The van der Waals surface area contributed by atoms with E-state index < -0.39 is 35.1 Å². The van der Waals surface area contributed by atoms with Gasteiger partial charge in [0, 0.05) is 40.6 Å². The molecule has 2 fully saturated rings. The van der Waals surface area contributed by atoms with Crippen LogP contribution in [0, 0.1) is 13.8 Å². The number of nitrogens with one attached hydrogen (secondary N) is 1. The smallest absolute Gasteiger partial charge is 0.331 e. The van der Waals surface area contributed by atoms with E-state index in [9.17, 15) is 20.1 Å². The minimum Gasteiger partial charge on any atom is -0.507 e. The standard InChI is InChI=1S/C38H43N3O10S/c1-16-9-19-10-21-36(44)41-22-13-49-37(45)38(20-12-24(46-4)23(42)11-18(20)7-8-39-38)14-52-35(27-26(22)34-32(50-15-51-34)17(2)30(27)43)29(41)28(40(21)3)25(19)33(48-6)31(16)47-5/h9,11-12,21-22,28-29,35-36,39,42-44H,7-8,10,13-15H2,1-6H3/t21-,22-,28+,29?,35+,36-,38+/m0/s1. The Morgan fingerprint density at radius 3 is 2.48 bits per heavy atom. The second-order valence-corrected chi connectivity index (χ2v) is 15.7. The number of aryl methyl sites for hydroxylation is 1. The Morgan fingerprint density at radius 1 is 0.962 bits per heavy atom. The molecule has 4 N–H and O–H groups in total. The minimum absolute atomic E-state index is 0.00338. The zero-order valence-corrected chi connectivity index (χ0v) is 30.8. The van der Waals surface area contributed by atoms with Gasteiger partial charge in [-0.25, -0.2) is 4.79 Å². The molecule has 7 aliphatic rings. The highest BCUT2D eigenvalue weighted by atomic mass is 32.2. The number of ether oxygens (including phenoxy) is 6. The van der Waals surface area contributed by atoms with E-state index in [0.29, 0.717) is 64.6 Å². The van der Waals surface area contributed by atoms with E-state index in [1.807, 2.05) is 20.9 Å². The summed E-state index contributed by atoms with van der Waals surface area (Å²) in [5, 5.41) is 38.5. The number of benzene rings is 3. The Balaban J connectivity index is 1.30. The van der Waals surface area contributed by atoms with Crippen molar-refractivity contribution >= 4 is 17.7 Å². The third-order valence-electron chi connectivity index (χ3n) is 12.2. The van der Waals surface area contributed by atoms with Gasteiger partial charge in [0.05, 0.1) is 44.7 Å². The first-order valence-electron chi connectivity index (χ1n) is 17.6. The first-order chi connectivity index (χ1) is 25.1. The summed E-state index contributed by atoms with van der Waals surface area (Å²) in [4.78, 5) is 18.9. The topological polar surface area (TPSA) is 152 Å². The van der Waals surface area contributed by atoms with Gasteiger partial charge in [-0.2, -0.15) is 0 Å². The molecule has 4 bridgehead atoms. The molecule has 0 amide bonds. The average molecular weight is 734 g/mol. The number of likely N-dealkylation sites (N-methyl/N-ethyl adjacent to an activating group) is 1. The van der Waals surface area contributed by atoms with Gasteiger partial charge in [-0.1, -0.05) is 6.07 Å². The van der Waals surface area contributed by atoms with Crippen LogP contribution in [0.2, 0.25) is 0 Å². The van der Waals surface area contributed by atoms with E-state index in [4.69, 9.17) is 28.4 Å². The Morgan fingerprint density at radius 2 is 1.73 bits per heavy atom. The lowest BCUT2D eigenvalue weighted by Gasteiger charge is -2.62. The molecule has 10 rings (SSSR count). The van der Waals surface area contributed by atoms with Gasteiger partial charge in [0.2, 0.25) is 6.79 Å². The molecule has 0 aromatic heterocycles. The number of aromatic hydroxyl groups is 2. The van der Waals surface area contributed by atoms with Gasteiger partial charge < -0.3 is 43.7 Å². The van der Waals surface area contributed by atoms with Crippen LogP contribution < -0.4 is 29.0 Å². The summed E-state index contributed by atoms with van der Waals surface area (Å²) in [6.45, 7) is 4.15. The highest BCUT2D eigenvalue weighted by molar-refractivity contribution is 7.99. The van der Waals surface area contributed by atoms with Crippen LogP contribution in [0.3, 0.4) is 0 Å². The molecule has 0 radical (unpaired) electrons. The molecule has 7 aliphatic heterocycles. The van der Waals surface area contributed by atoms with Crippen molar-refractivity contribution in [2.45, 2.75) is 67.9 Å². The van der Waals surface area contributed by atoms with Crippen molar-refractivity contribution in [1.82, 2.24) is 15.1 Å². The molecule has 0 aliphatic carbocycles. The van der Waals surface area contributed by atoms with Crippen molar-refractivity contribution in [3.63, 3.8) is 0 Å². The summed E-state index contributed by atoms with van der Waals surface area (Å²) in [6, 6.07) is 3.74. The molecule has 276 valence electrons. The van der Waals surface area contributed by atoms with Crippen LogP contribution in [-0.4, -0.2) is 103 Å². The number of thioether (sulfide) groups is 1. The van der Waals surface area contributed by atoms with Gasteiger partial charge in [0.25, 0.3) is 0 Å². The zero-order chi connectivity index (χ0) is 36.4. The number of fused-ring (bicyclic) bond motifs is 9. The number of carbonyl (C=O) groups is 1. The highest BCUT2D eigenvalue weighted by Crippen LogP contribution is 2.64. The Kier molecular flexibility index (Phi) is 7.76. The van der Waals surface area contributed by atoms with Crippen molar-refractivity contribution in [3.05, 3.63) is 62.7 Å². The fourth-order valence-corrected chi connectivity index (χ4v) is 11.6. The van der Waals surface area contributed by atoms with Crippen LogP contribution in [0.1, 0.15) is 61.8 Å². The lowest BCUT2D eigenvalue weighted by atomic mass is 9.73. The van der Waals surface area contributed by atoms with Gasteiger partial charge in [-0.3, -0.25) is 15.1 Å². The van der Waals surface area contributed by atoms with Gasteiger partial charge in [-0.05, 0) is 68.1 Å². The minimum atomic E-state index is -1.30. The number of aliphatic hydroxyl groups is 1. The number of phenolic OH excluding ortho intramolecular Hbond substituents is 2. The van der Waals surface area contributed by atoms with Crippen LogP contribution >= 0.6 is 11.8 Å². The number of hydrogen-bond donors (Lipinski definition) is 4. The number of hydrogen-bond acceptors (Lipinski definition) is 14. The number of nitrogens with zero attached hydrogens (tertiary/aromatic N) is 2. The fourth-order valence-electron chi connectivity index (χ4n) is 9.91. The number of esters is 1. The third-order valence-corrected chi connectivity index (χ3v) is 13.7. The number of carbonyl (C=O) groups excluding carboxylic acids is 1. The van der Waals surface area contributed by atoms with E-state index in [0.717, 1.165) is 22.3 Å². The summed E-state index contributed by atoms with van der Waals surface area (Å²) in [5.41, 5.74) is 5.09. The van der Waals surface area contributed by atoms with E-state index in [2.05, 4.69) is 21.2 Å². The van der Waals surface area contributed by atoms with E-state index in [-0.39, 0.29) is 48.5 Å². The molecule has 3 aromatic carbocycles. The van der Waals surface area contributed by atoms with Crippen LogP contribution in [0.5, 0.6) is 40.2 Å². The maximum atomic E-state index is 14.6. The summed E-state index contributed by atoms with van der Waals surface area (Å²) in [6.07, 6.45) is 0.184. The maximum Gasteiger partial charge on any atom is 0.331 e. The monoisotopic (exact) mass is 733 g/mol. The predicted octanol–water partition coefficient (Wildman–Crippen LogP) is 3.50. The summed E-state index contributed by atoms with van der Waals surface area (Å²) in [5.74, 6) is 2.33. The van der Waals surface area contributed by atoms with Crippen molar-refractivity contribution < 1.29 is 48.5 Å². The molecule has 52 heavy (non-hydrogen) atoms. The van der Waals surface area contributed by atoms with Crippen LogP contribution in [0.25, 0.3) is 0 Å². The second kappa shape index (κ2) is 12.0. The number of aliphatic hydroxyl groups excluding tert-OH is 1. The first-order valence-corrected chi connectivity index (χ1v) is 18.6. The molecule has 7 atom stereocenters. The molecule has 1 unspecified atom stereocenters. The Labute approximate surface area is 305 Å². The maximum absolute atomic E-state index is 14.6. The molecule has 2 saturated heterocycles. The first kappa shape index (κ1) is 33.7. The normalized spacial score (nSPS) is 30.2. The lowest BCUT2D eigenvalue weighted by Crippen LogP contribution is -2.70. The van der Waals surface area contributed by atoms with Crippen molar-refractivity contribution in [2.75, 3.05) is 54.1 Å². The molecule has 14 heteroatoms. The summed E-state index contributed by atoms with van der Waals surface area (Å²) in [7, 11) is 6.81. The fraction of sp³-hybridized carbons (Fsp3) is 0.500. The molecule has 13 nitrogen and oxygen atoms in total. The molecule has 7 heterocycles. The van der Waals surface area contributed by atoms with Crippen LogP contribution in [-0.2, 0) is 27.9 Å². The van der Waals surface area contributed by atoms with E-state index in [1.165, 1.54) is 18.9 Å². The number of phenols is 2. The zero-order valence-electron chi connectivity index (χ0n) is 29.9. The number of piperazine rings is 1. The van der Waals surface area contributed by atoms with Crippen molar-refractivity contribution in [1.29, 1.82) is 0 Å². The average Bonchev–Trinajstić information content (AvgIpc) is 3.63. The van der Waals surface area contributed by atoms with Gasteiger partial charge in [0.1, 0.15) is 18.6 Å². The van der Waals surface area contributed by atoms with Crippen molar-refractivity contribution in [2.24, 2.45) is 0 Å². The number of rotatable bonds is 3. The van der Waals surface area contributed by atoms with Gasteiger partial charge in [-0.15, -0.1) is 11.8 Å². The number of methoxy groups -OCH3 is 3. The van der Waals surface area contributed by atoms with Crippen LogP contribution in [0.4, 0.5) is 0 Å². The Hall–Kier alpha value is -4.08. The summed E-state index contributed by atoms with van der Waals surface area (Å²) >= 11 is 1.52. The van der Waals surface area contributed by atoms with E-state index in [1.54, 1.807) is 26.4 Å². The SMILES string of the molecule is COc1cc2c(cc1O)CCN[C@]21CS[C@@H]2c3c(O)c(C)c4c(c3[C@H](COC1=O)N1C2[C@H]2c3c(cc(C)c(OC)c3OC)C[C@@H]([C@@H]1O)N2C)OCO4. The second-order valence-electron chi connectivity index (χ2n) is 14.5. The van der Waals surface area contributed by atoms with E-state index >= 15 is 0 Å². The molecule has 0 saturated carbocycles. The molecular weight excluding hydrogens is 690 g/mol. The highest BCUT2D eigenvalue weighted by Gasteiger charge is 2.61. The predicted molar refractivity (Wildman–Crippen MR) is 190 cm³/mol. The van der Waals surface area contributed by atoms with Crippen molar-refractivity contribution in [3.8, 4) is 40.2 Å². The summed E-state index contributed by atoms with van der Waals surface area (Å²) < 4.78 is 36.0. The Bertz CT molecular complexity index is 2030. The largest absolute Gasteiger partial charge is 0.507 e. The lowest BCUT2D eigenvalue weighted by molar-refractivity contribution is -0.186. The van der Waals surface area contributed by atoms with Gasteiger partial charge >= 0.3 is 5.97 Å².